The molecule has 0 saturated heterocycles. The van der Waals surface area contributed by atoms with Gasteiger partial charge in [0, 0.05) is 6.54 Å². The first-order chi connectivity index (χ1) is 17.9. The number of aryl methyl sites for hydroxylation is 1. The average molecular weight is 502 g/mol. The van der Waals surface area contributed by atoms with Crippen LogP contribution < -0.4 is 10.3 Å². The molecule has 0 spiro atoms. The van der Waals surface area contributed by atoms with E-state index in [1.165, 1.54) is 0 Å². The van der Waals surface area contributed by atoms with Crippen LogP contribution in [0, 0.1) is 6.92 Å². The van der Waals surface area contributed by atoms with Gasteiger partial charge in [0.15, 0.2) is 0 Å². The number of carboxylic acid groups (broad SMARTS) is 1. The lowest BCUT2D eigenvalue weighted by molar-refractivity contribution is -0.138. The molecule has 1 N–H and O–H groups in total. The molecule has 37 heavy (non-hydrogen) atoms. The van der Waals surface area contributed by atoms with Gasteiger partial charge < -0.3 is 14.6 Å². The number of fused-ring (bicyclic) bond motifs is 1. The zero-order valence-corrected chi connectivity index (χ0v) is 20.4. The smallest absolute Gasteiger partial charge is 0.410 e. The van der Waals surface area contributed by atoms with E-state index in [1.54, 1.807) is 41.8 Å². The molecule has 4 aromatic rings. The highest BCUT2D eigenvalue weighted by Crippen LogP contribution is 2.15. The lowest BCUT2D eigenvalue weighted by Crippen LogP contribution is -2.35. The van der Waals surface area contributed by atoms with Crippen molar-refractivity contribution in [3.63, 3.8) is 0 Å². The molecular formula is C28H27N3O6. The van der Waals surface area contributed by atoms with Crippen LogP contribution in [0.25, 0.3) is 10.9 Å². The van der Waals surface area contributed by atoms with Crippen molar-refractivity contribution >= 4 is 23.0 Å². The number of carbonyl (C=O) groups is 2. The number of ether oxygens (including phenoxy) is 2. The molecule has 0 aliphatic heterocycles. The number of aliphatic carboxylic acids is 1. The minimum Gasteiger partial charge on any atom is -0.492 e. The summed E-state index contributed by atoms with van der Waals surface area (Å²) in [5.74, 6) is 0.0605. The van der Waals surface area contributed by atoms with Gasteiger partial charge in [0.1, 0.15) is 31.3 Å². The second kappa shape index (κ2) is 11.9. The van der Waals surface area contributed by atoms with E-state index >= 15 is 0 Å². The van der Waals surface area contributed by atoms with Gasteiger partial charge in [0.05, 0.1) is 17.4 Å². The summed E-state index contributed by atoms with van der Waals surface area (Å²) in [5.41, 5.74) is 2.08. The van der Waals surface area contributed by atoms with Crippen molar-refractivity contribution in [3.8, 4) is 5.75 Å². The van der Waals surface area contributed by atoms with Crippen molar-refractivity contribution < 1.29 is 24.2 Å². The number of aromatic nitrogens is 2. The summed E-state index contributed by atoms with van der Waals surface area (Å²) in [5, 5.41) is 9.79. The molecule has 9 heteroatoms. The third-order valence-corrected chi connectivity index (χ3v) is 5.72. The summed E-state index contributed by atoms with van der Waals surface area (Å²) in [6.07, 6.45) is -0.712. The van der Waals surface area contributed by atoms with Crippen LogP contribution in [0.3, 0.4) is 0 Å². The maximum Gasteiger partial charge on any atom is 0.410 e. The fourth-order valence-corrected chi connectivity index (χ4v) is 3.87. The quantitative estimate of drug-likeness (QED) is 0.350. The normalized spacial score (nSPS) is 10.7. The molecular weight excluding hydrogens is 474 g/mol. The van der Waals surface area contributed by atoms with E-state index in [-0.39, 0.29) is 25.3 Å². The minimum absolute atomic E-state index is 0.0534. The van der Waals surface area contributed by atoms with Gasteiger partial charge in [-0.3, -0.25) is 19.1 Å². The number of benzene rings is 3. The van der Waals surface area contributed by atoms with E-state index in [2.05, 4.69) is 4.98 Å². The van der Waals surface area contributed by atoms with Crippen LogP contribution >= 0.6 is 0 Å². The van der Waals surface area contributed by atoms with Gasteiger partial charge in [-0.1, -0.05) is 54.6 Å². The number of rotatable bonds is 10. The summed E-state index contributed by atoms with van der Waals surface area (Å²) in [4.78, 5) is 42.2. The summed E-state index contributed by atoms with van der Waals surface area (Å²) in [6.45, 7) is 2.02. The average Bonchev–Trinajstić information content (AvgIpc) is 2.90. The number of amides is 1. The first-order valence-corrected chi connectivity index (χ1v) is 11.8. The standard InChI is InChI=1S/C28H27N3O6/c1-20-29-25-10-6-5-9-24(25)27(34)31(20)15-16-36-23-13-11-21(12-14-23)17-30(18-26(32)33)28(35)37-19-22-7-3-2-4-8-22/h2-14H,15-19H2,1H3,(H,32,33). The Hall–Kier alpha value is -4.66. The molecule has 0 bridgehead atoms. The van der Waals surface area contributed by atoms with Gasteiger partial charge in [-0.05, 0) is 42.3 Å². The van der Waals surface area contributed by atoms with Crippen molar-refractivity contribution in [2.75, 3.05) is 13.2 Å². The first kappa shape index (κ1) is 25.4. The molecule has 0 radical (unpaired) electrons. The van der Waals surface area contributed by atoms with E-state index in [9.17, 15) is 19.5 Å². The zero-order chi connectivity index (χ0) is 26.2. The summed E-state index contributed by atoms with van der Waals surface area (Å²) >= 11 is 0. The first-order valence-electron chi connectivity index (χ1n) is 11.8. The molecule has 190 valence electrons. The predicted octanol–water partition coefficient (Wildman–Crippen LogP) is 4.01. The van der Waals surface area contributed by atoms with Gasteiger partial charge in [0.25, 0.3) is 5.56 Å². The third-order valence-electron chi connectivity index (χ3n) is 5.72. The van der Waals surface area contributed by atoms with Crippen LogP contribution in [0.2, 0.25) is 0 Å². The molecule has 3 aromatic carbocycles. The molecule has 9 nitrogen and oxygen atoms in total. The van der Waals surface area contributed by atoms with Crippen molar-refractivity contribution in [3.05, 3.63) is 106 Å². The van der Waals surface area contributed by atoms with Crippen LogP contribution in [-0.4, -0.2) is 44.8 Å². The van der Waals surface area contributed by atoms with Crippen molar-refractivity contribution in [1.82, 2.24) is 14.5 Å². The molecule has 0 atom stereocenters. The zero-order valence-electron chi connectivity index (χ0n) is 20.4. The number of nitrogens with zero attached hydrogens (tertiary/aromatic N) is 3. The molecule has 0 unspecified atom stereocenters. The predicted molar refractivity (Wildman–Crippen MR) is 137 cm³/mol. The third kappa shape index (κ3) is 6.72. The van der Waals surface area contributed by atoms with Crippen LogP contribution in [0.15, 0.2) is 83.7 Å². The maximum absolute atomic E-state index is 12.8. The molecule has 0 saturated carbocycles. The SMILES string of the molecule is Cc1nc2ccccc2c(=O)n1CCOc1ccc(CN(CC(=O)O)C(=O)OCc2ccccc2)cc1. The molecule has 1 heterocycles. The lowest BCUT2D eigenvalue weighted by atomic mass is 10.2. The van der Waals surface area contributed by atoms with E-state index in [0.29, 0.717) is 29.0 Å². The largest absolute Gasteiger partial charge is 0.492 e. The van der Waals surface area contributed by atoms with Crippen LogP contribution in [0.4, 0.5) is 4.79 Å². The van der Waals surface area contributed by atoms with Gasteiger partial charge in [-0.25, -0.2) is 9.78 Å². The Morgan fingerprint density at radius 2 is 1.65 bits per heavy atom. The summed E-state index contributed by atoms with van der Waals surface area (Å²) in [6, 6.07) is 23.4. The molecule has 4 rings (SSSR count). The van der Waals surface area contributed by atoms with E-state index < -0.39 is 18.6 Å². The van der Waals surface area contributed by atoms with Gasteiger partial charge in [-0.15, -0.1) is 0 Å². The van der Waals surface area contributed by atoms with Gasteiger partial charge in [-0.2, -0.15) is 0 Å². The molecule has 0 fully saturated rings. The number of hydrogen-bond donors (Lipinski definition) is 1. The highest BCUT2D eigenvalue weighted by atomic mass is 16.6. The maximum atomic E-state index is 12.8. The second-order valence-electron chi connectivity index (χ2n) is 8.42. The fraction of sp³-hybridized carbons (Fsp3) is 0.214. The van der Waals surface area contributed by atoms with Crippen molar-refractivity contribution in [2.45, 2.75) is 26.6 Å². The van der Waals surface area contributed by atoms with Crippen LogP contribution in [-0.2, 0) is 29.2 Å². The summed E-state index contributed by atoms with van der Waals surface area (Å²) < 4.78 is 12.7. The van der Waals surface area contributed by atoms with E-state index in [4.69, 9.17) is 9.47 Å². The number of para-hydroxylation sites is 1. The molecule has 1 amide bonds. The Balaban J connectivity index is 1.34. The van der Waals surface area contributed by atoms with Crippen LogP contribution in [0.1, 0.15) is 17.0 Å². The Bertz CT molecular complexity index is 1430. The van der Waals surface area contributed by atoms with E-state index in [1.807, 2.05) is 48.5 Å². The fourth-order valence-electron chi connectivity index (χ4n) is 3.87. The molecule has 0 aliphatic rings. The topological polar surface area (TPSA) is 111 Å². The molecule has 0 aliphatic carbocycles. The Morgan fingerprint density at radius 1 is 0.946 bits per heavy atom. The monoisotopic (exact) mass is 501 g/mol. The second-order valence-corrected chi connectivity index (χ2v) is 8.42. The van der Waals surface area contributed by atoms with E-state index in [0.717, 1.165) is 16.0 Å². The van der Waals surface area contributed by atoms with Crippen molar-refractivity contribution in [2.24, 2.45) is 0 Å². The number of carboxylic acids is 1. The highest BCUT2D eigenvalue weighted by Gasteiger charge is 2.19. The Labute approximate surface area is 213 Å². The van der Waals surface area contributed by atoms with Crippen LogP contribution in [0.5, 0.6) is 5.75 Å². The highest BCUT2D eigenvalue weighted by molar-refractivity contribution is 5.77. The Morgan fingerprint density at radius 3 is 2.38 bits per heavy atom. The van der Waals surface area contributed by atoms with Gasteiger partial charge in [0.2, 0.25) is 0 Å². The molecule has 1 aromatic heterocycles. The summed E-state index contributed by atoms with van der Waals surface area (Å²) in [7, 11) is 0. The van der Waals surface area contributed by atoms with Crippen molar-refractivity contribution in [1.29, 1.82) is 0 Å². The Kier molecular flexibility index (Phi) is 8.15. The van der Waals surface area contributed by atoms with Gasteiger partial charge >= 0.3 is 12.1 Å². The lowest BCUT2D eigenvalue weighted by Gasteiger charge is -2.20. The number of hydrogen-bond acceptors (Lipinski definition) is 6. The number of carbonyl (C=O) groups excluding carboxylic acids is 1. The minimum atomic E-state index is -1.13.